The van der Waals surface area contributed by atoms with Crippen molar-refractivity contribution in [2.24, 2.45) is 0 Å². The van der Waals surface area contributed by atoms with Crippen LogP contribution >= 0.6 is 11.8 Å². The van der Waals surface area contributed by atoms with Crippen LogP contribution < -0.4 is 0 Å². The predicted octanol–water partition coefficient (Wildman–Crippen LogP) is 1.97. The molecule has 0 saturated heterocycles. The number of carbonyl (C=O) groups is 1. The van der Waals surface area contributed by atoms with Gasteiger partial charge in [-0.15, -0.1) is 5.10 Å². The number of aromatic hydroxyl groups is 1. The van der Waals surface area contributed by atoms with E-state index in [2.05, 4.69) is 15.5 Å². The Morgan fingerprint density at radius 1 is 1.25 bits per heavy atom. The summed E-state index contributed by atoms with van der Waals surface area (Å²) in [4.78, 5) is 11.9. The topological polar surface area (TPSA) is 80.9 Å². The number of rotatable bonds is 3. The van der Waals surface area contributed by atoms with Gasteiger partial charge in [-0.25, -0.2) is 0 Å². The van der Waals surface area contributed by atoms with Crippen LogP contribution in [0.5, 0.6) is 5.75 Å². The maximum absolute atomic E-state index is 11.9. The first kappa shape index (κ1) is 13.1. The molecule has 0 amide bonds. The number of tetrazole rings is 1. The van der Waals surface area contributed by atoms with Crippen molar-refractivity contribution in [3.05, 3.63) is 24.3 Å². The Kier molecular flexibility index (Phi) is 3.68. The minimum absolute atomic E-state index is 0.0504. The highest BCUT2D eigenvalue weighted by molar-refractivity contribution is 8.00. The highest BCUT2D eigenvalue weighted by Gasteiger charge is 2.25. The van der Waals surface area contributed by atoms with E-state index in [0.29, 0.717) is 11.6 Å². The van der Waals surface area contributed by atoms with Crippen LogP contribution in [-0.4, -0.2) is 36.3 Å². The summed E-state index contributed by atoms with van der Waals surface area (Å²) in [6, 6.07) is 6.63. The molecule has 0 aliphatic heterocycles. The standard InChI is InChI=1S/C13H14N4O2S/c18-10-7-5-9(6-8-10)17-13(14-15-16-17)20-12-4-2-1-3-11(12)19/h5-8,12,18H,1-4H2/t12-/m0/s1. The molecule has 0 bridgehead atoms. The van der Waals surface area contributed by atoms with Gasteiger partial charge in [0.2, 0.25) is 5.16 Å². The van der Waals surface area contributed by atoms with Crippen LogP contribution in [0.15, 0.2) is 29.4 Å². The van der Waals surface area contributed by atoms with E-state index in [-0.39, 0.29) is 16.8 Å². The third kappa shape index (κ3) is 2.67. The fraction of sp³-hybridized carbons (Fsp3) is 0.385. The van der Waals surface area contributed by atoms with Crippen molar-refractivity contribution in [2.75, 3.05) is 0 Å². The van der Waals surface area contributed by atoms with Gasteiger partial charge in [-0.2, -0.15) is 4.68 Å². The molecule has 3 rings (SSSR count). The molecule has 1 aliphatic rings. The molecule has 1 N–H and O–H groups in total. The minimum Gasteiger partial charge on any atom is -0.508 e. The number of nitrogens with zero attached hydrogens (tertiary/aromatic N) is 4. The Morgan fingerprint density at radius 2 is 2.05 bits per heavy atom. The number of ketones is 1. The van der Waals surface area contributed by atoms with Crippen molar-refractivity contribution < 1.29 is 9.90 Å². The number of Topliss-reactive ketones (excluding diaryl/α,β-unsaturated/α-hetero) is 1. The summed E-state index contributed by atoms with van der Waals surface area (Å²) in [6.45, 7) is 0. The maximum Gasteiger partial charge on any atom is 0.214 e. The van der Waals surface area contributed by atoms with Crippen molar-refractivity contribution in [2.45, 2.75) is 36.1 Å². The normalized spacial score (nSPS) is 19.2. The Morgan fingerprint density at radius 3 is 2.80 bits per heavy atom. The number of phenolic OH excluding ortho intramolecular Hbond substituents is 1. The monoisotopic (exact) mass is 290 g/mol. The molecule has 1 saturated carbocycles. The molecular formula is C13H14N4O2S. The predicted molar refractivity (Wildman–Crippen MR) is 73.9 cm³/mol. The quantitative estimate of drug-likeness (QED) is 0.930. The lowest BCUT2D eigenvalue weighted by molar-refractivity contribution is -0.119. The molecule has 0 radical (unpaired) electrons. The zero-order valence-electron chi connectivity index (χ0n) is 10.8. The molecule has 104 valence electrons. The first-order valence-corrected chi connectivity index (χ1v) is 7.39. The lowest BCUT2D eigenvalue weighted by Gasteiger charge is -2.18. The van der Waals surface area contributed by atoms with E-state index in [4.69, 9.17) is 0 Å². The molecule has 1 fully saturated rings. The Labute approximate surface area is 120 Å². The van der Waals surface area contributed by atoms with E-state index in [1.54, 1.807) is 28.9 Å². The van der Waals surface area contributed by atoms with Crippen LogP contribution in [0.2, 0.25) is 0 Å². The molecule has 2 aromatic rings. The number of benzene rings is 1. The van der Waals surface area contributed by atoms with Gasteiger partial charge in [-0.1, -0.05) is 18.2 Å². The largest absolute Gasteiger partial charge is 0.508 e. The molecule has 1 aromatic heterocycles. The highest BCUT2D eigenvalue weighted by atomic mass is 32.2. The summed E-state index contributed by atoms with van der Waals surface area (Å²) in [7, 11) is 0. The third-order valence-corrected chi connectivity index (χ3v) is 4.53. The van der Waals surface area contributed by atoms with E-state index >= 15 is 0 Å². The van der Waals surface area contributed by atoms with Gasteiger partial charge in [-0.3, -0.25) is 4.79 Å². The summed E-state index contributed by atoms with van der Waals surface area (Å²) in [5.41, 5.74) is 0.763. The average Bonchev–Trinajstić information content (AvgIpc) is 2.90. The Hall–Kier alpha value is -1.89. The maximum atomic E-state index is 11.9. The van der Waals surface area contributed by atoms with Crippen molar-refractivity contribution in [1.29, 1.82) is 0 Å². The molecular weight excluding hydrogens is 276 g/mol. The smallest absolute Gasteiger partial charge is 0.214 e. The lowest BCUT2D eigenvalue weighted by Crippen LogP contribution is -2.21. The molecule has 0 spiro atoms. The number of carbonyl (C=O) groups excluding carboxylic acids is 1. The zero-order valence-corrected chi connectivity index (χ0v) is 11.6. The number of thioether (sulfide) groups is 1. The Balaban J connectivity index is 1.83. The molecule has 0 unspecified atom stereocenters. The molecule has 6 nitrogen and oxygen atoms in total. The second-order valence-corrected chi connectivity index (χ2v) is 5.88. The Bertz CT molecular complexity index is 611. The third-order valence-electron chi connectivity index (χ3n) is 3.28. The van der Waals surface area contributed by atoms with E-state index in [1.165, 1.54) is 11.8 Å². The second-order valence-electron chi connectivity index (χ2n) is 4.71. The van der Waals surface area contributed by atoms with Crippen LogP contribution in [0.1, 0.15) is 25.7 Å². The summed E-state index contributed by atoms with van der Waals surface area (Å²) in [5, 5.41) is 21.5. The van der Waals surface area contributed by atoms with Crippen LogP contribution in [0.4, 0.5) is 0 Å². The summed E-state index contributed by atoms with van der Waals surface area (Å²) >= 11 is 1.42. The lowest BCUT2D eigenvalue weighted by atomic mass is 9.99. The minimum atomic E-state index is -0.0504. The zero-order chi connectivity index (χ0) is 13.9. The molecule has 1 aliphatic carbocycles. The molecule has 1 atom stereocenters. The SMILES string of the molecule is O=C1CCCC[C@@H]1Sc1nnnn1-c1ccc(O)cc1. The summed E-state index contributed by atoms with van der Waals surface area (Å²) in [5.74, 6) is 0.472. The van der Waals surface area contributed by atoms with Crippen molar-refractivity contribution in [1.82, 2.24) is 20.2 Å². The van der Waals surface area contributed by atoms with Crippen LogP contribution in [0.3, 0.4) is 0 Å². The fourth-order valence-corrected chi connectivity index (χ4v) is 3.32. The van der Waals surface area contributed by atoms with Gasteiger partial charge in [0, 0.05) is 6.42 Å². The molecule has 20 heavy (non-hydrogen) atoms. The highest BCUT2D eigenvalue weighted by Crippen LogP contribution is 2.31. The van der Waals surface area contributed by atoms with Gasteiger partial charge >= 0.3 is 0 Å². The van der Waals surface area contributed by atoms with Crippen LogP contribution in [0, 0.1) is 0 Å². The number of hydrogen-bond donors (Lipinski definition) is 1. The van der Waals surface area contributed by atoms with Gasteiger partial charge < -0.3 is 5.11 Å². The van der Waals surface area contributed by atoms with E-state index in [9.17, 15) is 9.90 Å². The average molecular weight is 290 g/mol. The van der Waals surface area contributed by atoms with Gasteiger partial charge in [-0.05, 0) is 47.5 Å². The first-order valence-electron chi connectivity index (χ1n) is 6.51. The molecule has 7 heteroatoms. The van der Waals surface area contributed by atoms with E-state index < -0.39 is 0 Å². The van der Waals surface area contributed by atoms with Crippen LogP contribution in [0.25, 0.3) is 5.69 Å². The number of phenols is 1. The van der Waals surface area contributed by atoms with Crippen LogP contribution in [-0.2, 0) is 4.79 Å². The second kappa shape index (κ2) is 5.62. The summed E-state index contributed by atoms with van der Waals surface area (Å²) in [6.07, 6.45) is 3.59. The molecule has 1 heterocycles. The van der Waals surface area contributed by atoms with Gasteiger partial charge in [0.1, 0.15) is 11.5 Å². The van der Waals surface area contributed by atoms with E-state index in [1.807, 2.05) is 0 Å². The molecule has 1 aromatic carbocycles. The van der Waals surface area contributed by atoms with Crippen molar-refractivity contribution >= 4 is 17.5 Å². The number of hydrogen-bond acceptors (Lipinski definition) is 6. The van der Waals surface area contributed by atoms with Crippen molar-refractivity contribution in [3.63, 3.8) is 0 Å². The summed E-state index contributed by atoms with van der Waals surface area (Å²) < 4.78 is 1.59. The van der Waals surface area contributed by atoms with E-state index in [0.717, 1.165) is 24.9 Å². The van der Waals surface area contributed by atoms with Gasteiger partial charge in [0.25, 0.3) is 0 Å². The number of aromatic nitrogens is 4. The fourth-order valence-electron chi connectivity index (χ4n) is 2.21. The first-order chi connectivity index (χ1) is 9.74. The van der Waals surface area contributed by atoms with Crippen molar-refractivity contribution in [3.8, 4) is 11.4 Å². The van der Waals surface area contributed by atoms with Gasteiger partial charge in [0.05, 0.1) is 10.9 Å². The van der Waals surface area contributed by atoms with Gasteiger partial charge in [0.15, 0.2) is 0 Å².